The molecule has 1 aromatic heterocycles. The monoisotopic (exact) mass is 404 g/mol. The van der Waals surface area contributed by atoms with Crippen molar-refractivity contribution in [1.82, 2.24) is 9.88 Å². The Morgan fingerprint density at radius 1 is 1.11 bits per heavy atom. The largest absolute Gasteiger partial charge is 0.379 e. The lowest BCUT2D eigenvalue weighted by atomic mass is 9.89. The van der Waals surface area contributed by atoms with E-state index in [0.717, 1.165) is 36.8 Å². The van der Waals surface area contributed by atoms with Crippen LogP contribution in [-0.2, 0) is 10.1 Å². The van der Waals surface area contributed by atoms with Crippen LogP contribution in [0.15, 0.2) is 53.6 Å². The van der Waals surface area contributed by atoms with E-state index in [0.29, 0.717) is 10.9 Å². The van der Waals surface area contributed by atoms with Gasteiger partial charge in [0.15, 0.2) is 0 Å². The predicted molar refractivity (Wildman–Crippen MR) is 107 cm³/mol. The van der Waals surface area contributed by atoms with E-state index in [2.05, 4.69) is 16.9 Å². The van der Waals surface area contributed by atoms with E-state index in [1.54, 1.807) is 42.5 Å². The second kappa shape index (κ2) is 7.19. The van der Waals surface area contributed by atoms with Crippen LogP contribution in [0.4, 0.5) is 0 Å². The van der Waals surface area contributed by atoms with Gasteiger partial charge >= 0.3 is 10.1 Å². The lowest BCUT2D eigenvalue weighted by Gasteiger charge is -2.28. The molecule has 0 radical (unpaired) electrons. The highest BCUT2D eigenvalue weighted by molar-refractivity contribution is 7.87. The first-order chi connectivity index (χ1) is 12.9. The zero-order valence-corrected chi connectivity index (χ0v) is 16.6. The van der Waals surface area contributed by atoms with Gasteiger partial charge in [-0.2, -0.15) is 8.42 Å². The van der Waals surface area contributed by atoms with Crippen LogP contribution in [0.25, 0.3) is 10.9 Å². The van der Waals surface area contributed by atoms with Crippen LogP contribution >= 0.6 is 11.6 Å². The third-order valence-electron chi connectivity index (χ3n) is 5.15. The van der Waals surface area contributed by atoms with Crippen LogP contribution in [0.2, 0.25) is 5.02 Å². The van der Waals surface area contributed by atoms with Crippen molar-refractivity contribution in [2.24, 2.45) is 0 Å². The van der Waals surface area contributed by atoms with Crippen LogP contribution in [-0.4, -0.2) is 38.4 Å². The number of aromatic amines is 1. The number of nitrogens with zero attached hydrogens (tertiary/aromatic N) is 1. The van der Waals surface area contributed by atoms with Gasteiger partial charge in [0.05, 0.1) is 0 Å². The molecule has 1 fully saturated rings. The van der Waals surface area contributed by atoms with Gasteiger partial charge in [0.1, 0.15) is 10.6 Å². The summed E-state index contributed by atoms with van der Waals surface area (Å²) in [6, 6.07) is 11.4. The standard InChI is InChI=1S/C20H21ClN2O3S/c1-23-10-8-14(9-11-23)19-13-22-20-7-6-17(12-18(19)20)27(24,25)26-16-4-2-15(21)3-5-16/h2-7,12-14,22H,8-11H2,1H3. The number of nitrogens with one attached hydrogen (secondary N) is 1. The zero-order valence-electron chi connectivity index (χ0n) is 15.0. The maximum atomic E-state index is 12.7. The van der Waals surface area contributed by atoms with Crippen LogP contribution < -0.4 is 4.18 Å². The molecule has 4 rings (SSSR count). The minimum absolute atomic E-state index is 0.152. The average molecular weight is 405 g/mol. The lowest BCUT2D eigenvalue weighted by Crippen LogP contribution is -2.29. The molecule has 0 saturated carbocycles. The molecule has 27 heavy (non-hydrogen) atoms. The molecule has 0 aliphatic carbocycles. The number of benzene rings is 2. The Kier molecular flexibility index (Phi) is 4.88. The van der Waals surface area contributed by atoms with E-state index in [1.165, 1.54) is 5.56 Å². The molecule has 0 atom stereocenters. The SMILES string of the molecule is CN1CCC(c2c[nH]c3ccc(S(=O)(=O)Oc4ccc(Cl)cc4)cc23)CC1. The number of hydrogen-bond donors (Lipinski definition) is 1. The van der Waals surface area contributed by atoms with Gasteiger partial charge in [-0.15, -0.1) is 0 Å². The third-order valence-corrected chi connectivity index (χ3v) is 6.65. The van der Waals surface area contributed by atoms with Gasteiger partial charge in [-0.1, -0.05) is 11.6 Å². The van der Waals surface area contributed by atoms with Crippen LogP contribution in [0.5, 0.6) is 5.75 Å². The van der Waals surface area contributed by atoms with Crippen molar-refractivity contribution >= 4 is 32.6 Å². The number of H-pyrrole nitrogens is 1. The van der Waals surface area contributed by atoms with E-state index in [9.17, 15) is 8.42 Å². The van der Waals surface area contributed by atoms with Gasteiger partial charge in [0.2, 0.25) is 0 Å². The quantitative estimate of drug-likeness (QED) is 0.655. The van der Waals surface area contributed by atoms with Gasteiger partial charge in [0, 0.05) is 22.1 Å². The number of aromatic nitrogens is 1. The summed E-state index contributed by atoms with van der Waals surface area (Å²) in [4.78, 5) is 5.74. The summed E-state index contributed by atoms with van der Waals surface area (Å²) in [7, 11) is -1.79. The fourth-order valence-corrected chi connectivity index (χ4v) is 4.68. The lowest BCUT2D eigenvalue weighted by molar-refractivity contribution is 0.256. The highest BCUT2D eigenvalue weighted by Gasteiger charge is 2.23. The highest BCUT2D eigenvalue weighted by atomic mass is 35.5. The van der Waals surface area contributed by atoms with Crippen molar-refractivity contribution in [3.63, 3.8) is 0 Å². The van der Waals surface area contributed by atoms with Crippen LogP contribution in [0.3, 0.4) is 0 Å². The Balaban J connectivity index is 1.66. The minimum atomic E-state index is -3.92. The Morgan fingerprint density at radius 2 is 1.81 bits per heavy atom. The Hall–Kier alpha value is -2.02. The van der Waals surface area contributed by atoms with E-state index in [4.69, 9.17) is 15.8 Å². The zero-order chi connectivity index (χ0) is 19.0. The fourth-order valence-electron chi connectivity index (χ4n) is 3.60. The van der Waals surface area contributed by atoms with Gasteiger partial charge < -0.3 is 14.1 Å². The van der Waals surface area contributed by atoms with E-state index >= 15 is 0 Å². The number of likely N-dealkylation sites (tertiary alicyclic amines) is 1. The Morgan fingerprint density at radius 3 is 2.52 bits per heavy atom. The number of rotatable bonds is 4. The first-order valence-electron chi connectivity index (χ1n) is 8.92. The molecule has 2 aromatic carbocycles. The summed E-state index contributed by atoms with van der Waals surface area (Å²) < 4.78 is 30.7. The summed E-state index contributed by atoms with van der Waals surface area (Å²) in [5.74, 6) is 0.675. The molecule has 1 saturated heterocycles. The smallest absolute Gasteiger partial charge is 0.339 e. The molecule has 0 amide bonds. The van der Waals surface area contributed by atoms with Crippen molar-refractivity contribution in [3.05, 3.63) is 59.2 Å². The topological polar surface area (TPSA) is 62.4 Å². The average Bonchev–Trinajstić information content (AvgIpc) is 3.07. The molecule has 2 heterocycles. The summed E-state index contributed by atoms with van der Waals surface area (Å²) in [6.07, 6.45) is 4.15. The molecule has 7 heteroatoms. The highest BCUT2D eigenvalue weighted by Crippen LogP contribution is 2.34. The van der Waals surface area contributed by atoms with E-state index in [-0.39, 0.29) is 10.6 Å². The molecule has 1 aliphatic rings. The molecule has 1 N–H and O–H groups in total. The van der Waals surface area contributed by atoms with E-state index < -0.39 is 10.1 Å². The van der Waals surface area contributed by atoms with Gasteiger partial charge in [-0.05, 0) is 86.9 Å². The third kappa shape index (κ3) is 3.83. The maximum Gasteiger partial charge on any atom is 0.339 e. The minimum Gasteiger partial charge on any atom is -0.379 e. The van der Waals surface area contributed by atoms with Crippen molar-refractivity contribution < 1.29 is 12.6 Å². The normalized spacial score (nSPS) is 16.7. The molecule has 0 spiro atoms. The first kappa shape index (κ1) is 18.3. The first-order valence-corrected chi connectivity index (χ1v) is 10.7. The Labute approximate surface area is 164 Å². The fraction of sp³-hybridized carbons (Fsp3) is 0.300. The molecular formula is C20H21ClN2O3S. The van der Waals surface area contributed by atoms with Gasteiger partial charge in [-0.25, -0.2) is 0 Å². The van der Waals surface area contributed by atoms with Gasteiger partial charge in [0.25, 0.3) is 0 Å². The van der Waals surface area contributed by atoms with Crippen molar-refractivity contribution in [3.8, 4) is 5.75 Å². The maximum absolute atomic E-state index is 12.7. The van der Waals surface area contributed by atoms with Gasteiger partial charge in [-0.3, -0.25) is 0 Å². The Bertz CT molecular complexity index is 1050. The number of piperidine rings is 1. The summed E-state index contributed by atoms with van der Waals surface area (Å²) in [5.41, 5.74) is 2.12. The number of hydrogen-bond acceptors (Lipinski definition) is 4. The number of fused-ring (bicyclic) bond motifs is 1. The summed E-state index contributed by atoms with van der Waals surface area (Å²) in [6.45, 7) is 2.10. The van der Waals surface area contributed by atoms with Crippen molar-refractivity contribution in [1.29, 1.82) is 0 Å². The van der Waals surface area contributed by atoms with Crippen LogP contribution in [0, 0.1) is 0 Å². The molecule has 5 nitrogen and oxygen atoms in total. The molecule has 3 aromatic rings. The molecule has 1 aliphatic heterocycles. The molecule has 0 bridgehead atoms. The van der Waals surface area contributed by atoms with E-state index in [1.807, 2.05) is 6.20 Å². The predicted octanol–water partition coefficient (Wildman–Crippen LogP) is 4.40. The summed E-state index contributed by atoms with van der Waals surface area (Å²) >= 11 is 5.84. The summed E-state index contributed by atoms with van der Waals surface area (Å²) in [5, 5.41) is 1.47. The number of halogens is 1. The molecule has 0 unspecified atom stereocenters. The molecular weight excluding hydrogens is 384 g/mol. The second-order valence-corrected chi connectivity index (χ2v) is 9.00. The van der Waals surface area contributed by atoms with Crippen molar-refractivity contribution in [2.45, 2.75) is 23.7 Å². The van der Waals surface area contributed by atoms with Crippen LogP contribution in [0.1, 0.15) is 24.3 Å². The van der Waals surface area contributed by atoms with Crippen molar-refractivity contribution in [2.75, 3.05) is 20.1 Å². The molecule has 142 valence electrons. The second-order valence-electron chi connectivity index (χ2n) is 7.02.